The second kappa shape index (κ2) is 19.1. The van der Waals surface area contributed by atoms with Crippen molar-refractivity contribution in [1.82, 2.24) is 9.80 Å². The second-order valence-corrected chi connectivity index (χ2v) is 11.6. The predicted molar refractivity (Wildman–Crippen MR) is 185 cm³/mol. The van der Waals surface area contributed by atoms with Crippen LogP contribution in [0.3, 0.4) is 0 Å². The van der Waals surface area contributed by atoms with Crippen molar-refractivity contribution in [3.05, 3.63) is 131 Å². The van der Waals surface area contributed by atoms with Gasteiger partial charge in [-0.3, -0.25) is 9.59 Å². The van der Waals surface area contributed by atoms with Crippen molar-refractivity contribution < 1.29 is 19.1 Å². The van der Waals surface area contributed by atoms with E-state index in [0.29, 0.717) is 50.5 Å². The van der Waals surface area contributed by atoms with Gasteiger partial charge in [0.25, 0.3) is 11.8 Å². The first-order chi connectivity index (χ1) is 22.6. The summed E-state index contributed by atoms with van der Waals surface area (Å²) in [6.07, 6.45) is 6.57. The van der Waals surface area contributed by atoms with Crippen LogP contribution in [-0.2, 0) is 13.1 Å². The molecule has 0 N–H and O–H groups in total. The van der Waals surface area contributed by atoms with Crippen LogP contribution < -0.4 is 9.47 Å². The maximum absolute atomic E-state index is 13.9. The molecule has 6 heteroatoms. The Hall–Kier alpha value is -4.58. The summed E-state index contributed by atoms with van der Waals surface area (Å²) in [5, 5.41) is 0. The first-order valence-corrected chi connectivity index (χ1v) is 16.7. The van der Waals surface area contributed by atoms with E-state index in [4.69, 9.17) is 9.47 Å². The first kappa shape index (κ1) is 34.3. The average Bonchev–Trinajstić information content (AvgIpc) is 3.10. The minimum absolute atomic E-state index is 0.0851. The Kier molecular flexibility index (Phi) is 14.2. The molecular formula is C40H48N2O4. The van der Waals surface area contributed by atoms with Crippen molar-refractivity contribution in [2.75, 3.05) is 26.3 Å². The lowest BCUT2D eigenvalue weighted by Crippen LogP contribution is -2.40. The fourth-order valence-electron chi connectivity index (χ4n) is 5.19. The highest BCUT2D eigenvalue weighted by Gasteiger charge is 2.21. The van der Waals surface area contributed by atoms with Crippen molar-refractivity contribution >= 4 is 11.8 Å². The zero-order valence-corrected chi connectivity index (χ0v) is 27.4. The highest BCUT2D eigenvalue weighted by Crippen LogP contribution is 2.19. The summed E-state index contributed by atoms with van der Waals surface area (Å²) in [7, 11) is 0. The van der Waals surface area contributed by atoms with E-state index < -0.39 is 0 Å². The molecule has 4 aromatic rings. The molecule has 0 aliphatic carbocycles. The number of nitrogens with zero attached hydrogens (tertiary/aromatic N) is 2. The summed E-state index contributed by atoms with van der Waals surface area (Å²) in [4.78, 5) is 31.5. The van der Waals surface area contributed by atoms with Gasteiger partial charge >= 0.3 is 0 Å². The molecule has 0 aliphatic rings. The normalized spacial score (nSPS) is 10.7. The number of carbonyl (C=O) groups is 2. The average molecular weight is 621 g/mol. The zero-order valence-electron chi connectivity index (χ0n) is 27.4. The van der Waals surface area contributed by atoms with Gasteiger partial charge in [0.2, 0.25) is 0 Å². The summed E-state index contributed by atoms with van der Waals surface area (Å²) in [6.45, 7) is 7.30. The van der Waals surface area contributed by atoms with Gasteiger partial charge in [-0.1, -0.05) is 100 Å². The maximum Gasteiger partial charge on any atom is 0.254 e. The summed E-state index contributed by atoms with van der Waals surface area (Å²) in [5.41, 5.74) is 3.24. The van der Waals surface area contributed by atoms with Crippen LogP contribution in [0, 0.1) is 0 Å². The van der Waals surface area contributed by atoms with Gasteiger partial charge < -0.3 is 19.3 Å². The first-order valence-electron chi connectivity index (χ1n) is 16.7. The molecular weight excluding hydrogens is 572 g/mol. The largest absolute Gasteiger partial charge is 0.494 e. The lowest BCUT2D eigenvalue weighted by molar-refractivity contribution is 0.0644. The van der Waals surface area contributed by atoms with Crippen molar-refractivity contribution in [3.63, 3.8) is 0 Å². The molecule has 46 heavy (non-hydrogen) atoms. The van der Waals surface area contributed by atoms with Crippen LogP contribution in [0.1, 0.15) is 84.2 Å². The Morgan fingerprint density at radius 2 is 0.870 bits per heavy atom. The Morgan fingerprint density at radius 3 is 1.22 bits per heavy atom. The van der Waals surface area contributed by atoms with E-state index in [1.54, 1.807) is 0 Å². The number of amides is 2. The summed E-state index contributed by atoms with van der Waals surface area (Å²) < 4.78 is 11.7. The van der Waals surface area contributed by atoms with E-state index >= 15 is 0 Å². The molecule has 2 amide bonds. The van der Waals surface area contributed by atoms with Crippen LogP contribution in [0.4, 0.5) is 0 Å². The highest BCUT2D eigenvalue weighted by molar-refractivity contribution is 5.95. The van der Waals surface area contributed by atoms with Crippen LogP contribution in [-0.4, -0.2) is 47.9 Å². The molecule has 0 radical (unpaired) electrons. The van der Waals surface area contributed by atoms with Gasteiger partial charge in [0.1, 0.15) is 11.5 Å². The Balaban J connectivity index is 1.50. The molecule has 4 aromatic carbocycles. The molecule has 0 spiro atoms. The minimum atomic E-state index is -0.0851. The van der Waals surface area contributed by atoms with Gasteiger partial charge in [-0.05, 0) is 72.5 Å². The summed E-state index contributed by atoms with van der Waals surface area (Å²) in [5.74, 6) is 1.36. The number of benzene rings is 4. The zero-order chi connectivity index (χ0) is 32.4. The van der Waals surface area contributed by atoms with E-state index in [2.05, 4.69) is 13.8 Å². The second-order valence-electron chi connectivity index (χ2n) is 11.6. The Labute approximate surface area is 275 Å². The summed E-state index contributed by atoms with van der Waals surface area (Å²) >= 11 is 0. The van der Waals surface area contributed by atoms with Crippen LogP contribution in [0.5, 0.6) is 11.5 Å². The quantitative estimate of drug-likeness (QED) is 0.0983. The highest BCUT2D eigenvalue weighted by atomic mass is 16.5. The fraction of sp³-hybridized carbons (Fsp3) is 0.350. The smallest absolute Gasteiger partial charge is 0.254 e. The SMILES string of the molecule is CCCCCOc1ccc(C(=O)N(CCN(Cc2ccccc2)C(=O)c2ccc(OCCCCC)cc2)Cc2ccccc2)cc1. The molecule has 0 heterocycles. The van der Waals surface area contributed by atoms with Crippen LogP contribution >= 0.6 is 0 Å². The standard InChI is InChI=1S/C40H48N2O4/c1-3-5-13-29-45-37-23-19-35(20-24-37)39(43)41(31-33-15-9-7-10-16-33)27-28-42(32-34-17-11-8-12-18-34)40(44)36-21-25-38(26-22-36)46-30-14-6-4-2/h7-12,15-26H,3-6,13-14,27-32H2,1-2H3. The molecule has 242 valence electrons. The summed E-state index contributed by atoms with van der Waals surface area (Å²) in [6, 6.07) is 34.7. The molecule has 0 aliphatic heterocycles. The van der Waals surface area contributed by atoms with E-state index in [0.717, 1.165) is 61.2 Å². The van der Waals surface area contributed by atoms with Gasteiger partial charge in [0.05, 0.1) is 13.2 Å². The topological polar surface area (TPSA) is 59.1 Å². The number of hydrogen-bond donors (Lipinski definition) is 0. The maximum atomic E-state index is 13.9. The number of ether oxygens (including phenoxy) is 2. The molecule has 6 nitrogen and oxygen atoms in total. The molecule has 0 atom stereocenters. The van der Waals surface area contributed by atoms with E-state index in [1.807, 2.05) is 119 Å². The monoisotopic (exact) mass is 620 g/mol. The molecule has 0 aromatic heterocycles. The van der Waals surface area contributed by atoms with Crippen LogP contribution in [0.25, 0.3) is 0 Å². The van der Waals surface area contributed by atoms with E-state index in [-0.39, 0.29) is 11.8 Å². The molecule has 0 saturated carbocycles. The van der Waals surface area contributed by atoms with E-state index in [1.165, 1.54) is 0 Å². The number of carbonyl (C=O) groups excluding carboxylic acids is 2. The van der Waals surface area contributed by atoms with Gasteiger partial charge in [0.15, 0.2) is 0 Å². The lowest BCUT2D eigenvalue weighted by Gasteiger charge is -2.29. The molecule has 4 rings (SSSR count). The molecule has 0 bridgehead atoms. The lowest BCUT2D eigenvalue weighted by atomic mass is 10.1. The molecule has 0 unspecified atom stereocenters. The third-order valence-electron chi connectivity index (χ3n) is 7.88. The predicted octanol–water partition coefficient (Wildman–Crippen LogP) is 8.81. The Morgan fingerprint density at radius 1 is 0.500 bits per heavy atom. The van der Waals surface area contributed by atoms with Gasteiger partial charge in [0, 0.05) is 37.3 Å². The van der Waals surface area contributed by atoms with Gasteiger partial charge in [-0.2, -0.15) is 0 Å². The molecule has 0 saturated heterocycles. The van der Waals surface area contributed by atoms with Crippen LogP contribution in [0.15, 0.2) is 109 Å². The van der Waals surface area contributed by atoms with Crippen molar-refractivity contribution in [2.45, 2.75) is 65.5 Å². The molecule has 0 fully saturated rings. The number of hydrogen-bond acceptors (Lipinski definition) is 4. The van der Waals surface area contributed by atoms with Crippen molar-refractivity contribution in [1.29, 1.82) is 0 Å². The number of rotatable bonds is 19. The van der Waals surface area contributed by atoms with Gasteiger partial charge in [-0.25, -0.2) is 0 Å². The van der Waals surface area contributed by atoms with Gasteiger partial charge in [-0.15, -0.1) is 0 Å². The minimum Gasteiger partial charge on any atom is -0.494 e. The van der Waals surface area contributed by atoms with E-state index in [9.17, 15) is 9.59 Å². The third kappa shape index (κ3) is 11.1. The third-order valence-corrected chi connectivity index (χ3v) is 7.88. The Bertz CT molecular complexity index is 1330. The van der Waals surface area contributed by atoms with Crippen molar-refractivity contribution in [3.8, 4) is 11.5 Å². The number of unbranched alkanes of at least 4 members (excludes halogenated alkanes) is 4. The van der Waals surface area contributed by atoms with Crippen LogP contribution in [0.2, 0.25) is 0 Å². The fourth-order valence-corrected chi connectivity index (χ4v) is 5.19. The van der Waals surface area contributed by atoms with Crippen molar-refractivity contribution in [2.24, 2.45) is 0 Å².